The molecule has 1 atom stereocenters. The number of rotatable bonds is 0. The van der Waals surface area contributed by atoms with Gasteiger partial charge in [-0.2, -0.15) is 0 Å². The number of ether oxygens (including phenoxy) is 1. The summed E-state index contributed by atoms with van der Waals surface area (Å²) in [6.45, 7) is 1.37. The lowest BCUT2D eigenvalue weighted by Gasteiger charge is -1.96. The topological polar surface area (TPSA) is 22.1 Å². The molecule has 0 aliphatic carbocycles. The second-order valence-electron chi connectivity index (χ2n) is 3.32. The minimum Gasteiger partial charge on any atom is -0.380 e. The fraction of sp³-hybridized carbons (Fsp3) is 0.364. The lowest BCUT2D eigenvalue weighted by Crippen LogP contribution is -1.94. The van der Waals surface area contributed by atoms with Crippen molar-refractivity contribution in [2.24, 2.45) is 5.92 Å². The summed E-state index contributed by atoms with van der Waals surface area (Å²) in [7, 11) is 0. The van der Waals surface area contributed by atoms with E-state index in [1.54, 1.807) is 0 Å². The molecule has 0 radical (unpaired) electrons. The van der Waals surface area contributed by atoms with Gasteiger partial charge in [0.05, 0.1) is 12.2 Å². The summed E-state index contributed by atoms with van der Waals surface area (Å²) in [6, 6.07) is 1.16. The van der Waals surface area contributed by atoms with Gasteiger partial charge in [-0.15, -0.1) is 0 Å². The Balaban J connectivity index is 2.15. The molecule has 78 valence electrons. The Morgan fingerprint density at radius 3 is 3.13 bits per heavy atom. The Morgan fingerprint density at radius 2 is 2.47 bits per heavy atom. The van der Waals surface area contributed by atoms with E-state index in [0.717, 1.165) is 19.1 Å². The van der Waals surface area contributed by atoms with Crippen LogP contribution in [-0.4, -0.2) is 18.2 Å². The predicted octanol–water partition coefficient (Wildman–Crippen LogP) is 2.26. The van der Waals surface area contributed by atoms with Gasteiger partial charge in [-0.1, -0.05) is 23.4 Å². The second-order valence-corrected chi connectivity index (χ2v) is 3.70. The molecule has 0 spiro atoms. The summed E-state index contributed by atoms with van der Waals surface area (Å²) in [5.41, 5.74) is 0.284. The van der Waals surface area contributed by atoms with E-state index in [2.05, 4.69) is 16.8 Å². The van der Waals surface area contributed by atoms with Crippen LogP contribution in [0.4, 0.5) is 4.39 Å². The Morgan fingerprint density at radius 1 is 1.60 bits per heavy atom. The molecule has 1 fully saturated rings. The van der Waals surface area contributed by atoms with Crippen LogP contribution in [0, 0.1) is 23.6 Å². The summed E-state index contributed by atoms with van der Waals surface area (Å²) in [5, 5.41) is 0.141. The van der Waals surface area contributed by atoms with E-state index in [-0.39, 0.29) is 16.6 Å². The van der Waals surface area contributed by atoms with E-state index in [1.165, 1.54) is 6.20 Å². The second kappa shape index (κ2) is 4.61. The van der Waals surface area contributed by atoms with Crippen molar-refractivity contribution < 1.29 is 9.13 Å². The van der Waals surface area contributed by atoms with E-state index < -0.39 is 5.82 Å². The minimum absolute atomic E-state index is 0.141. The van der Waals surface area contributed by atoms with Crippen LogP contribution in [0.2, 0.25) is 5.15 Å². The van der Waals surface area contributed by atoms with Crippen LogP contribution in [0.15, 0.2) is 12.3 Å². The molecular formula is C11H9ClFNO. The smallest absolute Gasteiger partial charge is 0.143 e. The highest BCUT2D eigenvalue weighted by molar-refractivity contribution is 6.29. The van der Waals surface area contributed by atoms with E-state index in [1.807, 2.05) is 0 Å². The highest BCUT2D eigenvalue weighted by Crippen LogP contribution is 2.13. The maximum atomic E-state index is 13.3. The van der Waals surface area contributed by atoms with Crippen molar-refractivity contribution in [2.45, 2.75) is 6.42 Å². The fourth-order valence-electron chi connectivity index (χ4n) is 1.33. The summed E-state index contributed by atoms with van der Waals surface area (Å²) >= 11 is 5.52. The van der Waals surface area contributed by atoms with Gasteiger partial charge in [0.25, 0.3) is 0 Å². The van der Waals surface area contributed by atoms with Crippen LogP contribution in [-0.2, 0) is 4.74 Å². The van der Waals surface area contributed by atoms with Crippen LogP contribution in [0.5, 0.6) is 0 Å². The zero-order valence-corrected chi connectivity index (χ0v) is 8.72. The first-order chi connectivity index (χ1) is 7.25. The first-order valence-electron chi connectivity index (χ1n) is 4.66. The number of halogens is 2. The third-order valence-electron chi connectivity index (χ3n) is 2.16. The average molecular weight is 226 g/mol. The lowest BCUT2D eigenvalue weighted by molar-refractivity contribution is 0.192. The van der Waals surface area contributed by atoms with Gasteiger partial charge in [-0.05, 0) is 6.42 Å². The Hall–Kier alpha value is -1.11. The van der Waals surface area contributed by atoms with Crippen LogP contribution < -0.4 is 0 Å². The molecule has 1 saturated heterocycles. The monoisotopic (exact) mass is 225 g/mol. The van der Waals surface area contributed by atoms with Crippen molar-refractivity contribution in [3.63, 3.8) is 0 Å². The van der Waals surface area contributed by atoms with Gasteiger partial charge in [0.1, 0.15) is 11.0 Å². The van der Waals surface area contributed by atoms with Crippen molar-refractivity contribution >= 4 is 11.6 Å². The summed E-state index contributed by atoms with van der Waals surface area (Å²) < 4.78 is 18.4. The molecule has 0 aromatic carbocycles. The van der Waals surface area contributed by atoms with Crippen molar-refractivity contribution in [2.75, 3.05) is 13.2 Å². The maximum absolute atomic E-state index is 13.3. The first-order valence-corrected chi connectivity index (χ1v) is 5.04. The third-order valence-corrected chi connectivity index (χ3v) is 2.37. The van der Waals surface area contributed by atoms with E-state index >= 15 is 0 Å². The summed E-state index contributed by atoms with van der Waals surface area (Å²) in [6.07, 6.45) is 2.26. The highest BCUT2D eigenvalue weighted by Gasteiger charge is 2.12. The van der Waals surface area contributed by atoms with Crippen LogP contribution in [0.3, 0.4) is 0 Å². The van der Waals surface area contributed by atoms with Crippen LogP contribution in [0.25, 0.3) is 0 Å². The van der Waals surface area contributed by atoms with Gasteiger partial charge in [0, 0.05) is 24.8 Å². The summed E-state index contributed by atoms with van der Waals surface area (Å²) in [5.74, 6) is 5.50. The van der Waals surface area contributed by atoms with Gasteiger partial charge in [-0.3, -0.25) is 0 Å². The van der Waals surface area contributed by atoms with E-state index in [0.29, 0.717) is 6.61 Å². The molecule has 1 aliphatic rings. The molecular weight excluding hydrogens is 217 g/mol. The van der Waals surface area contributed by atoms with Crippen molar-refractivity contribution in [3.8, 4) is 11.8 Å². The molecule has 0 bridgehead atoms. The maximum Gasteiger partial charge on any atom is 0.143 e. The normalized spacial score (nSPS) is 19.7. The molecule has 1 aliphatic heterocycles. The highest BCUT2D eigenvalue weighted by atomic mass is 35.5. The SMILES string of the molecule is Fc1cc(Cl)ncc1C#CC1CCOC1. The Bertz CT molecular complexity index is 418. The van der Waals surface area contributed by atoms with Crippen LogP contribution >= 0.6 is 11.6 Å². The molecule has 1 aromatic rings. The predicted molar refractivity (Wildman–Crippen MR) is 55.0 cm³/mol. The van der Waals surface area contributed by atoms with Crippen LogP contribution in [0.1, 0.15) is 12.0 Å². The van der Waals surface area contributed by atoms with Gasteiger partial charge < -0.3 is 4.74 Å². The lowest BCUT2D eigenvalue weighted by atomic mass is 10.1. The average Bonchev–Trinajstić information content (AvgIpc) is 2.69. The van der Waals surface area contributed by atoms with E-state index in [4.69, 9.17) is 16.3 Å². The molecule has 1 aromatic heterocycles. The quantitative estimate of drug-likeness (QED) is 0.499. The molecule has 0 saturated carbocycles. The Labute approximate surface area is 92.4 Å². The van der Waals surface area contributed by atoms with Gasteiger partial charge in [0.15, 0.2) is 0 Å². The fourth-order valence-corrected chi connectivity index (χ4v) is 1.47. The number of pyridine rings is 1. The van der Waals surface area contributed by atoms with Crippen molar-refractivity contribution in [1.82, 2.24) is 4.98 Å². The molecule has 2 heterocycles. The van der Waals surface area contributed by atoms with Gasteiger partial charge in [0.2, 0.25) is 0 Å². The zero-order valence-electron chi connectivity index (χ0n) is 7.96. The number of nitrogens with zero attached hydrogens (tertiary/aromatic N) is 1. The number of hydrogen-bond donors (Lipinski definition) is 0. The van der Waals surface area contributed by atoms with Crippen molar-refractivity contribution in [1.29, 1.82) is 0 Å². The molecule has 0 N–H and O–H groups in total. The summed E-state index contributed by atoms with van der Waals surface area (Å²) in [4.78, 5) is 3.78. The van der Waals surface area contributed by atoms with Crippen molar-refractivity contribution in [3.05, 3.63) is 28.8 Å². The zero-order chi connectivity index (χ0) is 10.7. The van der Waals surface area contributed by atoms with Gasteiger partial charge in [-0.25, -0.2) is 9.37 Å². The van der Waals surface area contributed by atoms with Gasteiger partial charge >= 0.3 is 0 Å². The molecule has 2 rings (SSSR count). The molecule has 4 heteroatoms. The Kier molecular flexibility index (Phi) is 3.20. The number of aromatic nitrogens is 1. The standard InChI is InChI=1S/C11H9ClFNO/c12-11-5-10(13)9(6-14-11)2-1-8-3-4-15-7-8/h5-6,8H,3-4,7H2. The number of hydrogen-bond acceptors (Lipinski definition) is 2. The minimum atomic E-state index is -0.429. The first kappa shape index (κ1) is 10.4. The molecule has 2 nitrogen and oxygen atoms in total. The molecule has 1 unspecified atom stereocenters. The largest absolute Gasteiger partial charge is 0.380 e. The molecule has 0 amide bonds. The van der Waals surface area contributed by atoms with E-state index in [9.17, 15) is 4.39 Å². The third kappa shape index (κ3) is 2.68. The molecule has 15 heavy (non-hydrogen) atoms.